The van der Waals surface area contributed by atoms with Gasteiger partial charge in [-0.2, -0.15) is 0 Å². The van der Waals surface area contributed by atoms with Crippen molar-refractivity contribution in [2.24, 2.45) is 0 Å². The highest BCUT2D eigenvalue weighted by Crippen LogP contribution is 2.09. The molecule has 21 heavy (non-hydrogen) atoms. The highest BCUT2D eigenvalue weighted by Gasteiger charge is 2.05. The van der Waals surface area contributed by atoms with Gasteiger partial charge in [0.25, 0.3) is 0 Å². The van der Waals surface area contributed by atoms with E-state index in [1.807, 2.05) is 12.1 Å². The lowest BCUT2D eigenvalue weighted by Crippen LogP contribution is -2.28. The van der Waals surface area contributed by atoms with Gasteiger partial charge in [-0.25, -0.2) is 4.39 Å². The van der Waals surface area contributed by atoms with Crippen molar-refractivity contribution in [2.45, 2.75) is 19.9 Å². The van der Waals surface area contributed by atoms with Crippen LogP contribution in [0, 0.1) is 5.82 Å². The zero-order valence-corrected chi connectivity index (χ0v) is 11.9. The monoisotopic (exact) mass is 287 g/mol. The van der Waals surface area contributed by atoms with Crippen molar-refractivity contribution in [1.82, 2.24) is 10.3 Å². The summed E-state index contributed by atoms with van der Waals surface area (Å²) in [4.78, 5) is 16.1. The van der Waals surface area contributed by atoms with Crippen molar-refractivity contribution >= 4 is 11.6 Å². The number of aromatic nitrogens is 1. The Morgan fingerprint density at radius 1 is 1.29 bits per heavy atom. The van der Waals surface area contributed by atoms with E-state index in [-0.39, 0.29) is 18.3 Å². The summed E-state index contributed by atoms with van der Waals surface area (Å²) in [6.07, 6.45) is 2.64. The Bertz CT molecular complexity index is 616. The molecule has 5 heteroatoms. The number of halogens is 1. The highest BCUT2D eigenvalue weighted by molar-refractivity contribution is 5.92. The summed E-state index contributed by atoms with van der Waals surface area (Å²) >= 11 is 0. The fraction of sp³-hybridized carbons (Fsp3) is 0.250. The predicted molar refractivity (Wildman–Crippen MR) is 80.4 cm³/mol. The normalized spacial score (nSPS) is 10.4. The third kappa shape index (κ3) is 4.65. The molecule has 1 aromatic carbocycles. The first-order chi connectivity index (χ1) is 10.2. The molecule has 0 fully saturated rings. The molecule has 0 saturated carbocycles. The van der Waals surface area contributed by atoms with Gasteiger partial charge in [0, 0.05) is 18.4 Å². The summed E-state index contributed by atoms with van der Waals surface area (Å²) < 4.78 is 13.0. The number of rotatable bonds is 6. The number of anilines is 1. The molecule has 4 nitrogen and oxygen atoms in total. The molecular formula is C16H18FN3O. The topological polar surface area (TPSA) is 54.0 Å². The predicted octanol–water partition coefficient (Wildman–Crippen LogP) is 2.51. The second kappa shape index (κ2) is 7.50. The number of hydrogen-bond donors (Lipinski definition) is 2. The van der Waals surface area contributed by atoms with Gasteiger partial charge in [-0.15, -0.1) is 0 Å². The number of aryl methyl sites for hydroxylation is 1. The second-order valence-corrected chi connectivity index (χ2v) is 4.62. The lowest BCUT2D eigenvalue weighted by atomic mass is 10.1. The first kappa shape index (κ1) is 15.1. The molecule has 0 aliphatic carbocycles. The van der Waals surface area contributed by atoms with E-state index in [1.165, 1.54) is 12.1 Å². The highest BCUT2D eigenvalue weighted by atomic mass is 19.1. The maximum absolute atomic E-state index is 13.0. The summed E-state index contributed by atoms with van der Waals surface area (Å²) in [5.41, 5.74) is 2.56. The number of amides is 1. The van der Waals surface area contributed by atoms with Crippen LogP contribution < -0.4 is 10.6 Å². The number of benzene rings is 1. The van der Waals surface area contributed by atoms with Gasteiger partial charge in [-0.3, -0.25) is 9.78 Å². The average molecular weight is 287 g/mol. The minimum Gasteiger partial charge on any atom is -0.325 e. The van der Waals surface area contributed by atoms with Crippen LogP contribution in [0.25, 0.3) is 0 Å². The molecule has 0 radical (unpaired) electrons. The van der Waals surface area contributed by atoms with Crippen LogP contribution in [0.2, 0.25) is 0 Å². The van der Waals surface area contributed by atoms with E-state index >= 15 is 0 Å². The van der Waals surface area contributed by atoms with Gasteiger partial charge in [-0.1, -0.05) is 19.1 Å². The summed E-state index contributed by atoms with van der Waals surface area (Å²) in [6, 6.07) is 9.75. The Morgan fingerprint density at radius 2 is 2.14 bits per heavy atom. The van der Waals surface area contributed by atoms with Crippen molar-refractivity contribution in [2.75, 3.05) is 11.9 Å². The van der Waals surface area contributed by atoms with Crippen LogP contribution in [-0.4, -0.2) is 17.4 Å². The molecule has 2 rings (SSSR count). The summed E-state index contributed by atoms with van der Waals surface area (Å²) in [7, 11) is 0. The van der Waals surface area contributed by atoms with Crippen LogP contribution in [0.3, 0.4) is 0 Å². The molecule has 2 aromatic rings. The van der Waals surface area contributed by atoms with E-state index in [9.17, 15) is 9.18 Å². The molecule has 0 atom stereocenters. The first-order valence-corrected chi connectivity index (χ1v) is 6.88. The number of nitrogens with one attached hydrogen (secondary N) is 2. The third-order valence-electron chi connectivity index (χ3n) is 3.05. The van der Waals surface area contributed by atoms with Gasteiger partial charge in [0.15, 0.2) is 0 Å². The van der Waals surface area contributed by atoms with Gasteiger partial charge in [-0.05, 0) is 36.2 Å². The zero-order valence-electron chi connectivity index (χ0n) is 11.9. The minimum atomic E-state index is -0.373. The van der Waals surface area contributed by atoms with E-state index in [4.69, 9.17) is 0 Å². The van der Waals surface area contributed by atoms with Crippen molar-refractivity contribution in [3.05, 3.63) is 59.7 Å². The maximum Gasteiger partial charge on any atom is 0.238 e. The van der Waals surface area contributed by atoms with Gasteiger partial charge >= 0.3 is 0 Å². The molecule has 0 spiro atoms. The molecule has 1 heterocycles. The molecule has 0 bridgehead atoms. The molecule has 0 saturated heterocycles. The van der Waals surface area contributed by atoms with E-state index in [1.54, 1.807) is 18.3 Å². The summed E-state index contributed by atoms with van der Waals surface area (Å²) in [5, 5.41) is 5.68. The van der Waals surface area contributed by atoms with Crippen molar-refractivity contribution in [3.8, 4) is 0 Å². The number of nitrogens with zero attached hydrogens (tertiary/aromatic N) is 1. The quantitative estimate of drug-likeness (QED) is 0.858. The zero-order chi connectivity index (χ0) is 15.1. The number of hydrogen-bond acceptors (Lipinski definition) is 3. The number of pyridine rings is 1. The second-order valence-electron chi connectivity index (χ2n) is 4.62. The average Bonchev–Trinajstić information content (AvgIpc) is 2.47. The lowest BCUT2D eigenvalue weighted by molar-refractivity contribution is -0.115. The standard InChI is InChI=1S/C16H18FN3O/c1-2-12-5-4-8-19-15(12)10-18-11-16(21)20-14-7-3-6-13(17)9-14/h3-9,18H,2,10-11H2,1H3,(H,20,21). The molecule has 1 amide bonds. The molecule has 0 aliphatic heterocycles. The third-order valence-corrected chi connectivity index (χ3v) is 3.05. The SMILES string of the molecule is CCc1cccnc1CNCC(=O)Nc1cccc(F)c1. The molecule has 110 valence electrons. The Kier molecular flexibility index (Phi) is 5.40. The number of carbonyl (C=O) groups excluding carboxylic acids is 1. The summed E-state index contributed by atoms with van der Waals surface area (Å²) in [6.45, 7) is 2.74. The van der Waals surface area contributed by atoms with E-state index < -0.39 is 0 Å². The van der Waals surface area contributed by atoms with Crippen molar-refractivity contribution in [1.29, 1.82) is 0 Å². The fourth-order valence-corrected chi connectivity index (χ4v) is 2.02. The Labute approximate surface area is 123 Å². The molecular weight excluding hydrogens is 269 g/mol. The van der Waals surface area contributed by atoms with Gasteiger partial charge in [0.2, 0.25) is 5.91 Å². The molecule has 0 aliphatic rings. The van der Waals surface area contributed by atoms with Crippen LogP contribution in [0.1, 0.15) is 18.2 Å². The van der Waals surface area contributed by atoms with Gasteiger partial charge in [0.1, 0.15) is 5.82 Å². The van der Waals surface area contributed by atoms with Crippen molar-refractivity contribution in [3.63, 3.8) is 0 Å². The molecule has 1 aromatic heterocycles. The van der Waals surface area contributed by atoms with Crippen LogP contribution in [-0.2, 0) is 17.8 Å². The first-order valence-electron chi connectivity index (χ1n) is 6.88. The Balaban J connectivity index is 1.82. The molecule has 0 unspecified atom stereocenters. The lowest BCUT2D eigenvalue weighted by Gasteiger charge is -2.09. The van der Waals surface area contributed by atoms with Crippen LogP contribution in [0.4, 0.5) is 10.1 Å². The van der Waals surface area contributed by atoms with Crippen LogP contribution in [0.15, 0.2) is 42.6 Å². The van der Waals surface area contributed by atoms with E-state index in [2.05, 4.69) is 22.5 Å². The number of carbonyl (C=O) groups is 1. The van der Waals surface area contributed by atoms with Crippen LogP contribution >= 0.6 is 0 Å². The van der Waals surface area contributed by atoms with E-state index in [0.29, 0.717) is 12.2 Å². The Hall–Kier alpha value is -2.27. The van der Waals surface area contributed by atoms with Crippen molar-refractivity contribution < 1.29 is 9.18 Å². The largest absolute Gasteiger partial charge is 0.325 e. The van der Waals surface area contributed by atoms with Gasteiger partial charge in [0.05, 0.1) is 12.2 Å². The minimum absolute atomic E-state index is 0.149. The van der Waals surface area contributed by atoms with Gasteiger partial charge < -0.3 is 10.6 Å². The van der Waals surface area contributed by atoms with E-state index in [0.717, 1.165) is 17.7 Å². The smallest absolute Gasteiger partial charge is 0.238 e. The summed E-state index contributed by atoms with van der Waals surface area (Å²) in [5.74, 6) is -0.587. The van der Waals surface area contributed by atoms with Crippen LogP contribution in [0.5, 0.6) is 0 Å². The molecule has 2 N–H and O–H groups in total. The fourth-order valence-electron chi connectivity index (χ4n) is 2.02. The maximum atomic E-state index is 13.0. The Morgan fingerprint density at radius 3 is 2.90 bits per heavy atom.